The van der Waals surface area contributed by atoms with E-state index in [4.69, 9.17) is 0 Å². The molecule has 2 amide bonds. The van der Waals surface area contributed by atoms with Crippen LogP contribution in [0, 0.1) is 0 Å². The Kier molecular flexibility index (Phi) is 8.55. The van der Waals surface area contributed by atoms with Crippen molar-refractivity contribution in [2.75, 3.05) is 12.6 Å². The number of amides is 2. The third kappa shape index (κ3) is 7.67. The molecule has 2 aromatic carbocycles. The van der Waals surface area contributed by atoms with E-state index >= 15 is 0 Å². The van der Waals surface area contributed by atoms with Crippen LogP contribution in [0.4, 0.5) is 0 Å². The minimum absolute atomic E-state index is 0.171. The maximum Gasteiger partial charge on any atom is 0.249 e. The lowest BCUT2D eigenvalue weighted by Gasteiger charge is -2.30. The van der Waals surface area contributed by atoms with Crippen molar-refractivity contribution in [2.24, 2.45) is 0 Å². The number of hydrogen-bond acceptors (Lipinski definition) is 3. The Labute approximate surface area is 184 Å². The van der Waals surface area contributed by atoms with E-state index in [-0.39, 0.29) is 36.8 Å². The van der Waals surface area contributed by atoms with Crippen LogP contribution in [0.5, 0.6) is 0 Å². The highest BCUT2D eigenvalue weighted by molar-refractivity contribution is 7.57. The zero-order valence-electron chi connectivity index (χ0n) is 18.0. The fourth-order valence-electron chi connectivity index (χ4n) is 3.10. The third-order valence-corrected chi connectivity index (χ3v) is 6.09. The summed E-state index contributed by atoms with van der Waals surface area (Å²) in [4.78, 5) is 38.7. The predicted octanol–water partition coefficient (Wildman–Crippen LogP) is 4.38. The second-order valence-corrected chi connectivity index (χ2v) is 9.93. The maximum atomic E-state index is 13.2. The lowest BCUT2D eigenvalue weighted by atomic mass is 10.2. The Balaban J connectivity index is 2.23. The first-order chi connectivity index (χ1) is 14.6. The molecule has 0 aromatic heterocycles. The smallest absolute Gasteiger partial charge is 0.249 e. The van der Waals surface area contributed by atoms with Crippen molar-refractivity contribution in [3.8, 4) is 0 Å². The number of carbonyl (C=O) groups excluding carboxylic acids is 2. The SMILES string of the molecule is C=C(C)C(=O)N(Cc1ccccc1)CP(=O)(O)CN(Cc1ccccc1)C(=O)C(=C)C. The highest BCUT2D eigenvalue weighted by Gasteiger charge is 2.30. The first kappa shape index (κ1) is 24.3. The predicted molar refractivity (Wildman–Crippen MR) is 123 cm³/mol. The van der Waals surface area contributed by atoms with Crippen molar-refractivity contribution >= 4 is 19.2 Å². The molecule has 0 aliphatic carbocycles. The van der Waals surface area contributed by atoms with E-state index in [0.717, 1.165) is 11.1 Å². The van der Waals surface area contributed by atoms with Crippen LogP contribution in [0.15, 0.2) is 85.0 Å². The largest absolute Gasteiger partial charge is 0.342 e. The standard InChI is InChI=1S/C24H29N2O4P/c1-19(2)23(27)25(15-21-11-7-5-8-12-21)17-31(29,30)18-26(24(28)20(3)4)16-22-13-9-6-10-14-22/h5-14H,1,3,15-18H2,2,4H3,(H,29,30). The summed E-state index contributed by atoms with van der Waals surface area (Å²) in [7, 11) is -3.94. The first-order valence-corrected chi connectivity index (χ1v) is 11.9. The number of carbonyl (C=O) groups is 2. The van der Waals surface area contributed by atoms with Gasteiger partial charge in [0.1, 0.15) is 0 Å². The molecule has 164 valence electrons. The van der Waals surface area contributed by atoms with Gasteiger partial charge in [-0.05, 0) is 25.0 Å². The Morgan fingerprint density at radius 1 is 0.774 bits per heavy atom. The van der Waals surface area contributed by atoms with E-state index in [2.05, 4.69) is 13.2 Å². The molecule has 0 spiro atoms. The van der Waals surface area contributed by atoms with Gasteiger partial charge in [-0.2, -0.15) is 0 Å². The van der Waals surface area contributed by atoms with Crippen LogP contribution in [0.2, 0.25) is 0 Å². The molecule has 6 nitrogen and oxygen atoms in total. The van der Waals surface area contributed by atoms with Gasteiger partial charge in [0.15, 0.2) is 0 Å². The number of hydrogen-bond donors (Lipinski definition) is 1. The average molecular weight is 440 g/mol. The van der Waals surface area contributed by atoms with Gasteiger partial charge in [0.05, 0.1) is 12.6 Å². The van der Waals surface area contributed by atoms with Gasteiger partial charge in [0.2, 0.25) is 19.2 Å². The molecule has 31 heavy (non-hydrogen) atoms. The maximum absolute atomic E-state index is 13.2. The second-order valence-electron chi connectivity index (χ2n) is 7.67. The molecule has 0 heterocycles. The summed E-state index contributed by atoms with van der Waals surface area (Å²) in [6.45, 7) is 10.8. The molecular weight excluding hydrogens is 411 g/mol. The molecule has 0 unspecified atom stereocenters. The molecular formula is C24H29N2O4P. The van der Waals surface area contributed by atoms with Crippen LogP contribution >= 0.6 is 7.37 Å². The number of rotatable bonds is 10. The monoisotopic (exact) mass is 440 g/mol. The Morgan fingerprint density at radius 3 is 1.39 bits per heavy atom. The first-order valence-electron chi connectivity index (χ1n) is 9.87. The van der Waals surface area contributed by atoms with Gasteiger partial charge >= 0.3 is 0 Å². The van der Waals surface area contributed by atoms with Gasteiger partial charge in [-0.15, -0.1) is 0 Å². The van der Waals surface area contributed by atoms with Crippen molar-refractivity contribution in [2.45, 2.75) is 26.9 Å². The Bertz CT molecular complexity index is 912. The molecule has 1 N–H and O–H groups in total. The molecule has 0 atom stereocenters. The molecule has 0 saturated carbocycles. The number of benzene rings is 2. The van der Waals surface area contributed by atoms with Crippen LogP contribution in [0.3, 0.4) is 0 Å². The van der Waals surface area contributed by atoms with Crippen molar-refractivity contribution in [1.82, 2.24) is 9.80 Å². The summed E-state index contributed by atoms with van der Waals surface area (Å²) >= 11 is 0. The highest BCUT2D eigenvalue weighted by atomic mass is 31.2. The zero-order valence-corrected chi connectivity index (χ0v) is 18.9. The summed E-state index contributed by atoms with van der Waals surface area (Å²) in [5, 5.41) is 0. The minimum Gasteiger partial charge on any atom is -0.342 e. The van der Waals surface area contributed by atoms with Crippen molar-refractivity contribution in [1.29, 1.82) is 0 Å². The van der Waals surface area contributed by atoms with E-state index in [1.54, 1.807) is 13.8 Å². The third-order valence-electron chi connectivity index (χ3n) is 4.52. The molecule has 0 bridgehead atoms. The molecule has 0 radical (unpaired) electrons. The van der Waals surface area contributed by atoms with Gasteiger partial charge in [-0.3, -0.25) is 14.2 Å². The zero-order chi connectivity index (χ0) is 23.0. The Hall–Kier alpha value is -2.95. The highest BCUT2D eigenvalue weighted by Crippen LogP contribution is 2.43. The topological polar surface area (TPSA) is 77.9 Å². The molecule has 0 aliphatic rings. The van der Waals surface area contributed by atoms with E-state index in [1.165, 1.54) is 9.80 Å². The fraction of sp³-hybridized carbons (Fsp3) is 0.250. The molecule has 2 rings (SSSR count). The quantitative estimate of drug-likeness (QED) is 0.439. The Morgan fingerprint density at radius 2 is 1.10 bits per heavy atom. The lowest BCUT2D eigenvalue weighted by molar-refractivity contribution is -0.127. The summed E-state index contributed by atoms with van der Waals surface area (Å²) in [6, 6.07) is 18.4. The van der Waals surface area contributed by atoms with Crippen LogP contribution in [-0.4, -0.2) is 39.1 Å². The summed E-state index contributed by atoms with van der Waals surface area (Å²) in [5.74, 6) is -0.807. The van der Waals surface area contributed by atoms with Crippen LogP contribution in [0.25, 0.3) is 0 Å². The van der Waals surface area contributed by atoms with Gasteiger partial charge in [-0.25, -0.2) is 0 Å². The summed E-state index contributed by atoms with van der Waals surface area (Å²) in [5.41, 5.74) is 2.21. The van der Waals surface area contributed by atoms with Crippen molar-refractivity contribution in [3.63, 3.8) is 0 Å². The summed E-state index contributed by atoms with van der Waals surface area (Å²) < 4.78 is 13.2. The van der Waals surface area contributed by atoms with Crippen molar-refractivity contribution in [3.05, 3.63) is 96.1 Å². The molecule has 7 heteroatoms. The van der Waals surface area contributed by atoms with Gasteiger partial charge in [0, 0.05) is 24.2 Å². The fourth-order valence-corrected chi connectivity index (χ4v) is 4.71. The van der Waals surface area contributed by atoms with Crippen molar-refractivity contribution < 1.29 is 19.0 Å². The normalized spacial score (nSPS) is 10.9. The lowest BCUT2D eigenvalue weighted by Crippen LogP contribution is -2.36. The van der Waals surface area contributed by atoms with E-state index in [0.29, 0.717) is 0 Å². The molecule has 0 fully saturated rings. The second kappa shape index (κ2) is 10.9. The number of nitrogens with zero attached hydrogens (tertiary/aromatic N) is 2. The summed E-state index contributed by atoms with van der Waals surface area (Å²) in [6.07, 6.45) is -0.773. The van der Waals surface area contributed by atoms with E-state index in [9.17, 15) is 19.0 Å². The van der Waals surface area contributed by atoms with Gasteiger partial charge < -0.3 is 14.7 Å². The van der Waals surface area contributed by atoms with Crippen LogP contribution in [-0.2, 0) is 27.2 Å². The van der Waals surface area contributed by atoms with Gasteiger partial charge in [0.25, 0.3) is 0 Å². The van der Waals surface area contributed by atoms with Gasteiger partial charge in [-0.1, -0.05) is 73.8 Å². The molecule has 2 aromatic rings. The van der Waals surface area contributed by atoms with E-state index in [1.807, 2.05) is 60.7 Å². The minimum atomic E-state index is -3.94. The molecule has 0 saturated heterocycles. The van der Waals surface area contributed by atoms with Crippen LogP contribution < -0.4 is 0 Å². The van der Waals surface area contributed by atoms with E-state index < -0.39 is 19.2 Å². The van der Waals surface area contributed by atoms with Crippen LogP contribution in [0.1, 0.15) is 25.0 Å². The molecule has 0 aliphatic heterocycles. The average Bonchev–Trinajstić information content (AvgIpc) is 2.72.